The fourth-order valence-electron chi connectivity index (χ4n) is 4.25. The van der Waals surface area contributed by atoms with E-state index in [2.05, 4.69) is 25.6 Å². The van der Waals surface area contributed by atoms with Gasteiger partial charge in [0.2, 0.25) is 0 Å². The fraction of sp³-hybridized carbons (Fsp3) is 0.409. The zero-order valence-corrected chi connectivity index (χ0v) is 17.4. The Morgan fingerprint density at radius 2 is 1.81 bits per heavy atom. The van der Waals surface area contributed by atoms with E-state index >= 15 is 0 Å². The van der Waals surface area contributed by atoms with Gasteiger partial charge in [-0.3, -0.25) is 4.40 Å². The van der Waals surface area contributed by atoms with Gasteiger partial charge in [0.15, 0.2) is 5.65 Å². The molecule has 0 spiro atoms. The van der Waals surface area contributed by atoms with Crippen molar-refractivity contribution in [2.45, 2.75) is 44.9 Å². The number of hydrogen-bond acceptors (Lipinski definition) is 4. The molecule has 0 atom stereocenters. The lowest BCUT2D eigenvalue weighted by Crippen LogP contribution is -2.42. The van der Waals surface area contributed by atoms with E-state index in [9.17, 15) is 18.0 Å². The molecule has 2 N–H and O–H groups in total. The van der Waals surface area contributed by atoms with Crippen molar-refractivity contribution in [3.63, 3.8) is 0 Å². The maximum absolute atomic E-state index is 12.5. The molecule has 10 heteroatoms. The van der Waals surface area contributed by atoms with E-state index in [1.807, 2.05) is 28.8 Å². The predicted octanol–water partition coefficient (Wildman–Crippen LogP) is 4.94. The number of alkyl halides is 3. The Hall–Kier alpha value is -3.30. The number of aromatic nitrogens is 3. The summed E-state index contributed by atoms with van der Waals surface area (Å²) in [6.07, 6.45) is 3.16. The Kier molecular flexibility index (Phi) is 6.20. The fourth-order valence-corrected chi connectivity index (χ4v) is 4.25. The minimum atomic E-state index is -4.75. The quantitative estimate of drug-likeness (QED) is 0.561. The van der Waals surface area contributed by atoms with E-state index in [1.54, 1.807) is 0 Å². The molecule has 1 saturated carbocycles. The van der Waals surface area contributed by atoms with Gasteiger partial charge in [-0.05, 0) is 54.7 Å². The number of urea groups is 1. The van der Waals surface area contributed by atoms with Crippen LogP contribution in [-0.2, 0) is 6.42 Å². The first kappa shape index (κ1) is 21.9. The summed E-state index contributed by atoms with van der Waals surface area (Å²) in [5, 5.41) is 14.2. The van der Waals surface area contributed by atoms with Crippen LogP contribution in [0.3, 0.4) is 0 Å². The number of hydrogen-bond donors (Lipinski definition) is 2. The zero-order valence-electron chi connectivity index (χ0n) is 17.4. The number of rotatable bonds is 6. The molecule has 0 aliphatic heterocycles. The number of ether oxygens (including phenoxy) is 1. The SMILES string of the molecule is O=C(NCC1(Cc2nnc3ccccn23)CCCCC1)Nc1ccc(OC(F)(F)F)cc1. The van der Waals surface area contributed by atoms with Crippen molar-refractivity contribution in [2.75, 3.05) is 11.9 Å². The molecule has 0 unspecified atom stereocenters. The van der Waals surface area contributed by atoms with Gasteiger partial charge in [0.25, 0.3) is 0 Å². The Bertz CT molecular complexity index is 1060. The van der Waals surface area contributed by atoms with Crippen molar-refractivity contribution in [3.05, 3.63) is 54.5 Å². The number of carbonyl (C=O) groups is 1. The van der Waals surface area contributed by atoms with Crippen molar-refractivity contribution in [1.82, 2.24) is 19.9 Å². The zero-order chi connectivity index (χ0) is 22.6. The van der Waals surface area contributed by atoms with Crippen LogP contribution in [0, 0.1) is 5.41 Å². The number of benzene rings is 1. The molecule has 1 fully saturated rings. The third-order valence-electron chi connectivity index (χ3n) is 5.80. The van der Waals surface area contributed by atoms with Gasteiger partial charge in [-0.2, -0.15) is 0 Å². The van der Waals surface area contributed by atoms with Crippen LogP contribution in [0.1, 0.15) is 37.9 Å². The number of amides is 2. The number of fused-ring (bicyclic) bond motifs is 1. The first-order valence-electron chi connectivity index (χ1n) is 10.5. The second kappa shape index (κ2) is 9.05. The summed E-state index contributed by atoms with van der Waals surface area (Å²) in [7, 11) is 0. The molecule has 0 saturated heterocycles. The van der Waals surface area contributed by atoms with Crippen LogP contribution in [0.15, 0.2) is 48.7 Å². The van der Waals surface area contributed by atoms with E-state index in [0.717, 1.165) is 49.3 Å². The second-order valence-corrected chi connectivity index (χ2v) is 8.16. The molecule has 1 aromatic carbocycles. The first-order valence-corrected chi connectivity index (χ1v) is 10.5. The predicted molar refractivity (Wildman–Crippen MR) is 112 cm³/mol. The number of carbonyl (C=O) groups excluding carboxylic acids is 1. The van der Waals surface area contributed by atoms with E-state index in [4.69, 9.17) is 0 Å². The normalized spacial score (nSPS) is 16.0. The lowest BCUT2D eigenvalue weighted by Gasteiger charge is -2.37. The summed E-state index contributed by atoms with van der Waals surface area (Å²) in [6.45, 7) is 0.468. The van der Waals surface area contributed by atoms with Crippen molar-refractivity contribution in [3.8, 4) is 5.75 Å². The van der Waals surface area contributed by atoms with Crippen LogP contribution in [-0.4, -0.2) is 33.5 Å². The van der Waals surface area contributed by atoms with Crippen LogP contribution in [0.2, 0.25) is 0 Å². The Balaban J connectivity index is 1.38. The third kappa shape index (κ3) is 5.49. The third-order valence-corrected chi connectivity index (χ3v) is 5.80. The lowest BCUT2D eigenvalue weighted by molar-refractivity contribution is -0.274. The monoisotopic (exact) mass is 447 g/mol. The summed E-state index contributed by atoms with van der Waals surface area (Å²) in [5.41, 5.74) is 1.04. The maximum Gasteiger partial charge on any atom is 0.573 e. The summed E-state index contributed by atoms with van der Waals surface area (Å²) < 4.78 is 42.6. The average molecular weight is 447 g/mol. The number of anilines is 1. The topological polar surface area (TPSA) is 80.6 Å². The summed E-state index contributed by atoms with van der Waals surface area (Å²) >= 11 is 0. The van der Waals surface area contributed by atoms with Gasteiger partial charge in [0.05, 0.1) is 0 Å². The maximum atomic E-state index is 12.5. The van der Waals surface area contributed by atoms with Crippen molar-refractivity contribution >= 4 is 17.4 Å². The molecule has 2 heterocycles. The highest BCUT2D eigenvalue weighted by molar-refractivity contribution is 5.89. The smallest absolute Gasteiger partial charge is 0.406 e. The first-order chi connectivity index (χ1) is 15.3. The summed E-state index contributed by atoms with van der Waals surface area (Å²) in [5.74, 6) is 0.523. The largest absolute Gasteiger partial charge is 0.573 e. The minimum Gasteiger partial charge on any atom is -0.406 e. The molecule has 4 rings (SSSR count). The minimum absolute atomic E-state index is 0.126. The molecule has 1 aliphatic rings. The molecule has 170 valence electrons. The highest BCUT2D eigenvalue weighted by Gasteiger charge is 2.34. The van der Waals surface area contributed by atoms with Gasteiger partial charge in [-0.1, -0.05) is 25.3 Å². The molecular weight excluding hydrogens is 423 g/mol. The van der Waals surface area contributed by atoms with Crippen molar-refractivity contribution in [1.29, 1.82) is 0 Å². The number of nitrogens with zero attached hydrogens (tertiary/aromatic N) is 3. The highest BCUT2D eigenvalue weighted by atomic mass is 19.4. The number of halogens is 3. The van der Waals surface area contributed by atoms with E-state index < -0.39 is 12.4 Å². The molecule has 1 aliphatic carbocycles. The Morgan fingerprint density at radius 1 is 1.06 bits per heavy atom. The summed E-state index contributed by atoms with van der Waals surface area (Å²) in [4.78, 5) is 12.5. The molecule has 2 aromatic heterocycles. The number of pyridine rings is 1. The molecule has 2 amide bonds. The Labute approximate surface area is 183 Å². The van der Waals surface area contributed by atoms with E-state index in [0.29, 0.717) is 18.7 Å². The van der Waals surface area contributed by atoms with Crippen molar-refractivity contribution in [2.24, 2.45) is 5.41 Å². The average Bonchev–Trinajstić information content (AvgIpc) is 3.16. The van der Waals surface area contributed by atoms with Crippen LogP contribution < -0.4 is 15.4 Å². The standard InChI is InChI=1S/C22H24F3N5O2/c23-22(24,25)32-17-9-7-16(8-10-17)27-20(31)26-15-21(11-3-1-4-12-21)14-19-29-28-18-6-2-5-13-30(18)19/h2,5-10,13H,1,3-4,11-12,14-15H2,(H2,26,27,31). The highest BCUT2D eigenvalue weighted by Crippen LogP contribution is 2.38. The molecule has 0 radical (unpaired) electrons. The molecule has 0 bridgehead atoms. The molecule has 7 nitrogen and oxygen atoms in total. The molecule has 32 heavy (non-hydrogen) atoms. The van der Waals surface area contributed by atoms with Gasteiger partial charge < -0.3 is 15.4 Å². The van der Waals surface area contributed by atoms with Gasteiger partial charge in [-0.15, -0.1) is 23.4 Å². The second-order valence-electron chi connectivity index (χ2n) is 8.16. The van der Waals surface area contributed by atoms with Crippen LogP contribution in [0.4, 0.5) is 23.7 Å². The van der Waals surface area contributed by atoms with Crippen LogP contribution >= 0.6 is 0 Å². The molecular formula is C22H24F3N5O2. The van der Waals surface area contributed by atoms with Crippen molar-refractivity contribution < 1.29 is 22.7 Å². The Morgan fingerprint density at radius 3 is 2.53 bits per heavy atom. The van der Waals surface area contributed by atoms with Gasteiger partial charge in [0, 0.05) is 24.8 Å². The lowest BCUT2D eigenvalue weighted by atomic mass is 9.71. The van der Waals surface area contributed by atoms with E-state index in [-0.39, 0.29) is 11.2 Å². The van der Waals surface area contributed by atoms with E-state index in [1.165, 1.54) is 18.6 Å². The van der Waals surface area contributed by atoms with Gasteiger partial charge >= 0.3 is 12.4 Å². The summed E-state index contributed by atoms with van der Waals surface area (Å²) in [6, 6.07) is 10.4. The van der Waals surface area contributed by atoms with Crippen LogP contribution in [0.5, 0.6) is 5.75 Å². The van der Waals surface area contributed by atoms with Gasteiger partial charge in [0.1, 0.15) is 11.6 Å². The number of nitrogens with one attached hydrogen (secondary N) is 2. The van der Waals surface area contributed by atoms with Crippen LogP contribution in [0.25, 0.3) is 5.65 Å². The molecule has 3 aromatic rings. The van der Waals surface area contributed by atoms with Gasteiger partial charge in [-0.25, -0.2) is 4.79 Å².